The third-order valence-electron chi connectivity index (χ3n) is 4.93. The van der Waals surface area contributed by atoms with Gasteiger partial charge in [0.2, 0.25) is 5.91 Å². The molecule has 0 fully saturated rings. The third-order valence-corrected chi connectivity index (χ3v) is 5.68. The molecule has 1 aromatic heterocycles. The van der Waals surface area contributed by atoms with Crippen LogP contribution in [-0.2, 0) is 17.6 Å². The summed E-state index contributed by atoms with van der Waals surface area (Å²) in [5.41, 5.74) is 5.03. The molecule has 7 heteroatoms. The summed E-state index contributed by atoms with van der Waals surface area (Å²) in [6.07, 6.45) is 7.43. The van der Waals surface area contributed by atoms with Crippen LogP contribution in [0.4, 0.5) is 10.8 Å². The van der Waals surface area contributed by atoms with Crippen molar-refractivity contribution in [2.24, 2.45) is 0 Å². The van der Waals surface area contributed by atoms with Gasteiger partial charge in [0.25, 0.3) is 5.69 Å². The number of nitrogens with zero attached hydrogens (tertiary/aromatic N) is 2. The SMILES string of the molecule is O=C(/C=C/c1ccccc1[N+](=O)[O-])Nc1nc(-c2ccc3c(c2)CCCC3)cs1. The number of aromatic nitrogens is 1. The summed E-state index contributed by atoms with van der Waals surface area (Å²) in [5.74, 6) is -0.380. The number of para-hydroxylation sites is 1. The second-order valence-electron chi connectivity index (χ2n) is 6.87. The predicted octanol–water partition coefficient (Wildman–Crippen LogP) is 5.25. The Morgan fingerprint density at radius 2 is 1.93 bits per heavy atom. The number of nitrogens with one attached hydrogen (secondary N) is 1. The number of hydrogen-bond acceptors (Lipinski definition) is 5. The summed E-state index contributed by atoms with van der Waals surface area (Å²) in [6, 6.07) is 12.7. The zero-order chi connectivity index (χ0) is 20.2. The van der Waals surface area contributed by atoms with E-state index in [4.69, 9.17) is 0 Å². The molecule has 0 atom stereocenters. The smallest absolute Gasteiger partial charge is 0.276 e. The molecule has 0 saturated carbocycles. The molecule has 4 rings (SSSR count). The fourth-order valence-electron chi connectivity index (χ4n) is 3.46. The molecule has 29 heavy (non-hydrogen) atoms. The minimum atomic E-state index is -0.469. The van der Waals surface area contributed by atoms with Crippen LogP contribution in [0.3, 0.4) is 0 Å². The first kappa shape index (κ1) is 19.0. The topological polar surface area (TPSA) is 85.1 Å². The summed E-state index contributed by atoms with van der Waals surface area (Å²) >= 11 is 1.35. The zero-order valence-corrected chi connectivity index (χ0v) is 16.4. The van der Waals surface area contributed by atoms with Crippen LogP contribution in [-0.4, -0.2) is 15.8 Å². The Morgan fingerprint density at radius 1 is 1.14 bits per heavy atom. The van der Waals surface area contributed by atoms with Gasteiger partial charge >= 0.3 is 0 Å². The molecule has 1 N–H and O–H groups in total. The zero-order valence-electron chi connectivity index (χ0n) is 15.6. The van der Waals surface area contributed by atoms with Gasteiger partial charge in [0.15, 0.2) is 5.13 Å². The van der Waals surface area contributed by atoms with Gasteiger partial charge in [-0.2, -0.15) is 0 Å². The molecule has 0 spiro atoms. The van der Waals surface area contributed by atoms with Gasteiger partial charge < -0.3 is 0 Å². The first-order valence-electron chi connectivity index (χ1n) is 9.40. The van der Waals surface area contributed by atoms with E-state index >= 15 is 0 Å². The lowest BCUT2D eigenvalue weighted by molar-refractivity contribution is -0.385. The number of thiazole rings is 1. The lowest BCUT2D eigenvalue weighted by atomic mass is 9.90. The first-order valence-corrected chi connectivity index (χ1v) is 10.3. The van der Waals surface area contributed by atoms with E-state index in [9.17, 15) is 14.9 Å². The van der Waals surface area contributed by atoms with Crippen molar-refractivity contribution >= 4 is 34.1 Å². The number of carbonyl (C=O) groups is 1. The summed E-state index contributed by atoms with van der Waals surface area (Å²) < 4.78 is 0. The fourth-order valence-corrected chi connectivity index (χ4v) is 4.19. The van der Waals surface area contributed by atoms with Gasteiger partial charge in [-0.15, -0.1) is 11.3 Å². The van der Waals surface area contributed by atoms with Crippen LogP contribution in [0.15, 0.2) is 53.9 Å². The standard InChI is InChI=1S/C22H19N3O3S/c26-21(12-11-16-6-3-4-8-20(16)25(27)28)24-22-23-19(14-29-22)18-10-9-15-5-1-2-7-17(15)13-18/h3-4,6,8-14H,1-2,5,7H2,(H,23,24,26)/b12-11+. The Bertz CT molecular complexity index is 1100. The Morgan fingerprint density at radius 3 is 2.76 bits per heavy atom. The maximum absolute atomic E-state index is 12.2. The van der Waals surface area contributed by atoms with Crippen molar-refractivity contribution < 1.29 is 9.72 Å². The average molecular weight is 405 g/mol. The maximum Gasteiger partial charge on any atom is 0.276 e. The molecular weight excluding hydrogens is 386 g/mol. The Hall–Kier alpha value is -3.32. The number of anilines is 1. The van der Waals surface area contributed by atoms with Crippen LogP contribution >= 0.6 is 11.3 Å². The molecule has 0 aliphatic heterocycles. The number of fused-ring (bicyclic) bond motifs is 1. The number of nitro benzene ring substituents is 1. The van der Waals surface area contributed by atoms with Gasteiger partial charge in [-0.05, 0) is 55.0 Å². The minimum absolute atomic E-state index is 0.0412. The van der Waals surface area contributed by atoms with Crippen LogP contribution < -0.4 is 5.32 Å². The van der Waals surface area contributed by atoms with Crippen molar-refractivity contribution in [3.05, 3.63) is 80.7 Å². The van der Waals surface area contributed by atoms with E-state index in [1.807, 2.05) is 5.38 Å². The predicted molar refractivity (Wildman–Crippen MR) is 115 cm³/mol. The van der Waals surface area contributed by atoms with Crippen LogP contribution in [0.1, 0.15) is 29.5 Å². The molecule has 1 aliphatic rings. The lowest BCUT2D eigenvalue weighted by Gasteiger charge is -2.16. The molecule has 0 radical (unpaired) electrons. The Labute approximate surface area is 172 Å². The number of carbonyl (C=O) groups excluding carboxylic acids is 1. The number of amides is 1. The fraction of sp³-hybridized carbons (Fsp3) is 0.182. The van der Waals surface area contributed by atoms with E-state index in [1.54, 1.807) is 18.2 Å². The second kappa shape index (κ2) is 8.36. The second-order valence-corrected chi connectivity index (χ2v) is 7.73. The van der Waals surface area contributed by atoms with Crippen molar-refractivity contribution in [3.8, 4) is 11.3 Å². The van der Waals surface area contributed by atoms with Gasteiger partial charge in [0.1, 0.15) is 0 Å². The summed E-state index contributed by atoms with van der Waals surface area (Å²) in [6.45, 7) is 0. The highest BCUT2D eigenvalue weighted by atomic mass is 32.1. The van der Waals surface area contributed by atoms with Crippen molar-refractivity contribution in [2.45, 2.75) is 25.7 Å². The number of rotatable bonds is 5. The molecule has 0 bridgehead atoms. The molecule has 0 unspecified atom stereocenters. The number of aryl methyl sites for hydroxylation is 2. The summed E-state index contributed by atoms with van der Waals surface area (Å²) in [4.78, 5) is 27.3. The van der Waals surface area contributed by atoms with Gasteiger partial charge in [0, 0.05) is 23.1 Å². The average Bonchev–Trinajstić information content (AvgIpc) is 3.20. The molecule has 1 heterocycles. The van der Waals surface area contributed by atoms with Crippen LogP contribution in [0.2, 0.25) is 0 Å². The van der Waals surface area contributed by atoms with Gasteiger partial charge in [-0.3, -0.25) is 20.2 Å². The quantitative estimate of drug-likeness (QED) is 0.357. The molecular formula is C22H19N3O3S. The minimum Gasteiger partial charge on any atom is -0.298 e. The van der Waals surface area contributed by atoms with Crippen molar-refractivity contribution in [2.75, 3.05) is 5.32 Å². The molecule has 6 nitrogen and oxygen atoms in total. The highest BCUT2D eigenvalue weighted by Gasteiger charge is 2.13. The van der Waals surface area contributed by atoms with E-state index in [0.29, 0.717) is 10.7 Å². The van der Waals surface area contributed by atoms with Crippen molar-refractivity contribution in [1.29, 1.82) is 0 Å². The van der Waals surface area contributed by atoms with Gasteiger partial charge in [-0.25, -0.2) is 4.98 Å². The number of benzene rings is 2. The third kappa shape index (κ3) is 4.41. The largest absolute Gasteiger partial charge is 0.298 e. The van der Waals surface area contributed by atoms with Crippen molar-refractivity contribution in [3.63, 3.8) is 0 Å². The highest BCUT2D eigenvalue weighted by molar-refractivity contribution is 7.14. The van der Waals surface area contributed by atoms with E-state index < -0.39 is 4.92 Å². The van der Waals surface area contributed by atoms with Crippen LogP contribution in [0.25, 0.3) is 17.3 Å². The van der Waals surface area contributed by atoms with E-state index in [-0.39, 0.29) is 11.6 Å². The summed E-state index contributed by atoms with van der Waals surface area (Å²) in [7, 11) is 0. The highest BCUT2D eigenvalue weighted by Crippen LogP contribution is 2.29. The lowest BCUT2D eigenvalue weighted by Crippen LogP contribution is -2.07. The van der Waals surface area contributed by atoms with Crippen LogP contribution in [0.5, 0.6) is 0 Å². The molecule has 146 valence electrons. The monoisotopic (exact) mass is 405 g/mol. The van der Waals surface area contributed by atoms with Crippen molar-refractivity contribution in [1.82, 2.24) is 4.98 Å². The Balaban J connectivity index is 1.45. The van der Waals surface area contributed by atoms with E-state index in [1.165, 1.54) is 53.5 Å². The normalized spacial score (nSPS) is 13.2. The molecule has 2 aromatic carbocycles. The molecule has 1 aliphatic carbocycles. The molecule has 1 amide bonds. The van der Waals surface area contributed by atoms with Crippen LogP contribution in [0, 0.1) is 10.1 Å². The number of nitro groups is 1. The number of hydrogen-bond donors (Lipinski definition) is 1. The van der Waals surface area contributed by atoms with E-state index in [0.717, 1.165) is 24.1 Å². The van der Waals surface area contributed by atoms with Gasteiger partial charge in [0.05, 0.1) is 16.2 Å². The first-order chi connectivity index (χ1) is 14.1. The maximum atomic E-state index is 12.2. The summed E-state index contributed by atoms with van der Waals surface area (Å²) in [5, 5.41) is 16.2. The molecule has 0 saturated heterocycles. The Kier molecular flexibility index (Phi) is 5.48. The van der Waals surface area contributed by atoms with E-state index in [2.05, 4.69) is 28.5 Å². The van der Waals surface area contributed by atoms with Gasteiger partial charge in [-0.1, -0.05) is 24.3 Å². The molecule has 3 aromatic rings.